The lowest BCUT2D eigenvalue weighted by molar-refractivity contribution is -0.249. The quantitative estimate of drug-likeness (QED) is 0.193. The molecule has 0 radical (unpaired) electrons. The van der Waals surface area contributed by atoms with Crippen LogP contribution >= 0.6 is 0 Å². The predicted molar refractivity (Wildman–Crippen MR) is 193 cm³/mol. The van der Waals surface area contributed by atoms with Gasteiger partial charge in [0, 0.05) is 37.2 Å². The molecular formula is C42H63N3O4. The zero-order valence-electron chi connectivity index (χ0n) is 31.2. The van der Waals surface area contributed by atoms with Gasteiger partial charge < -0.3 is 15.8 Å². The minimum absolute atomic E-state index is 0.0388. The Hall–Kier alpha value is -2.70. The van der Waals surface area contributed by atoms with Crippen LogP contribution in [0.3, 0.4) is 0 Å². The van der Waals surface area contributed by atoms with Crippen molar-refractivity contribution in [2.45, 2.75) is 138 Å². The highest BCUT2D eigenvalue weighted by Crippen LogP contribution is 2.77. The number of nitrogens with two attached hydrogens (primary N) is 1. The molecule has 5 saturated carbocycles. The summed E-state index contributed by atoms with van der Waals surface area (Å²) in [5, 5.41) is 3.21. The van der Waals surface area contributed by atoms with Crippen LogP contribution in [-0.4, -0.2) is 35.4 Å². The summed E-state index contributed by atoms with van der Waals surface area (Å²) >= 11 is 0. The molecule has 6 rings (SSSR count). The molecule has 5 fully saturated rings. The number of rotatable bonds is 10. The number of ether oxygens (including phenoxy) is 1. The highest BCUT2D eigenvalue weighted by Gasteiger charge is 2.70. The highest BCUT2D eigenvalue weighted by molar-refractivity contribution is 5.78. The van der Waals surface area contributed by atoms with Crippen molar-refractivity contribution in [3.8, 4) is 0 Å². The first-order valence-corrected chi connectivity index (χ1v) is 19.4. The molecular weight excluding hydrogens is 610 g/mol. The fraction of sp³-hybridized carbons (Fsp3) is 0.762. The lowest BCUT2D eigenvalue weighted by Gasteiger charge is -2.73. The van der Waals surface area contributed by atoms with E-state index in [1.165, 1.54) is 56.9 Å². The minimum Gasteiger partial charge on any atom is -0.462 e. The van der Waals surface area contributed by atoms with Crippen LogP contribution in [0.2, 0.25) is 0 Å². The van der Waals surface area contributed by atoms with Crippen molar-refractivity contribution in [1.29, 1.82) is 0 Å². The number of esters is 1. The Morgan fingerprint density at radius 3 is 2.41 bits per heavy atom. The first-order chi connectivity index (χ1) is 23.0. The number of nitrogens with one attached hydrogen (secondary N) is 1. The zero-order valence-corrected chi connectivity index (χ0v) is 31.2. The summed E-state index contributed by atoms with van der Waals surface area (Å²) in [5.74, 6) is 2.34. The molecule has 1 aromatic heterocycles. The fourth-order valence-corrected chi connectivity index (χ4v) is 13.3. The van der Waals surface area contributed by atoms with Gasteiger partial charge in [-0.25, -0.2) is 0 Å². The molecule has 0 unspecified atom stereocenters. The molecule has 0 spiro atoms. The second-order valence-corrected chi connectivity index (χ2v) is 18.6. The van der Waals surface area contributed by atoms with Crippen molar-refractivity contribution in [3.05, 3.63) is 42.2 Å². The first-order valence-electron chi connectivity index (χ1n) is 19.4. The van der Waals surface area contributed by atoms with E-state index >= 15 is 0 Å². The van der Waals surface area contributed by atoms with Gasteiger partial charge in [-0.3, -0.25) is 19.4 Å². The maximum atomic E-state index is 12.9. The Morgan fingerprint density at radius 1 is 0.918 bits per heavy atom. The van der Waals surface area contributed by atoms with Gasteiger partial charge in [-0.1, -0.05) is 59.8 Å². The molecule has 1 heterocycles. The van der Waals surface area contributed by atoms with Crippen LogP contribution in [0.15, 0.2) is 36.7 Å². The number of hydrogen-bond donors (Lipinski definition) is 2. The molecule has 5 aliphatic rings. The van der Waals surface area contributed by atoms with Gasteiger partial charge in [0.2, 0.25) is 11.8 Å². The number of pyridine rings is 1. The third-order valence-corrected chi connectivity index (χ3v) is 16.0. The highest BCUT2D eigenvalue weighted by atomic mass is 16.5. The van der Waals surface area contributed by atoms with Crippen LogP contribution in [0.25, 0.3) is 0 Å². The summed E-state index contributed by atoms with van der Waals surface area (Å²) in [7, 11) is 0. The molecule has 0 saturated heterocycles. The fourth-order valence-electron chi connectivity index (χ4n) is 13.3. The Labute approximate surface area is 295 Å². The summed E-state index contributed by atoms with van der Waals surface area (Å²) in [6.45, 7) is 20.4. The average molecular weight is 674 g/mol. The molecule has 3 N–H and O–H groups in total. The number of primary amides is 1. The SMILES string of the molecule is C=C(CNC(=O)Cc1cccnc1)[C@@H]1CC[C@]2(C)CC[C@]3(C)[C@H](CC[C@@H]4[C@@]5(C)CC[C@H](OC(=O)CCCC(N)=O)C(C)(C)[C@@H]5CC[C@]43C)[C@@H]12. The number of amides is 2. The largest absolute Gasteiger partial charge is 0.462 e. The molecule has 5 aliphatic carbocycles. The third kappa shape index (κ3) is 6.17. The molecule has 0 bridgehead atoms. The molecule has 10 atom stereocenters. The van der Waals surface area contributed by atoms with E-state index in [1.807, 2.05) is 12.1 Å². The maximum Gasteiger partial charge on any atom is 0.306 e. The monoisotopic (exact) mass is 673 g/mol. The van der Waals surface area contributed by atoms with Crippen LogP contribution in [0.4, 0.5) is 0 Å². The number of carbonyl (C=O) groups is 3. The van der Waals surface area contributed by atoms with Gasteiger partial charge >= 0.3 is 5.97 Å². The van der Waals surface area contributed by atoms with E-state index in [0.717, 1.165) is 18.4 Å². The lowest BCUT2D eigenvalue weighted by Crippen LogP contribution is -2.66. The van der Waals surface area contributed by atoms with E-state index < -0.39 is 0 Å². The first kappa shape index (κ1) is 36.1. The van der Waals surface area contributed by atoms with E-state index in [2.05, 4.69) is 58.4 Å². The zero-order chi connectivity index (χ0) is 35.4. The number of nitrogens with zero attached hydrogens (tertiary/aromatic N) is 1. The van der Waals surface area contributed by atoms with E-state index in [0.29, 0.717) is 54.4 Å². The molecule has 1 aromatic rings. The molecule has 7 heteroatoms. The van der Waals surface area contributed by atoms with Crippen LogP contribution in [0.5, 0.6) is 0 Å². The second-order valence-electron chi connectivity index (χ2n) is 18.6. The van der Waals surface area contributed by atoms with Gasteiger partial charge in [0.25, 0.3) is 0 Å². The van der Waals surface area contributed by atoms with Gasteiger partial charge in [-0.05, 0) is 134 Å². The van der Waals surface area contributed by atoms with Crippen LogP contribution < -0.4 is 11.1 Å². The minimum atomic E-state index is -0.368. The number of fused-ring (bicyclic) bond motifs is 7. The topological polar surface area (TPSA) is 111 Å². The Bertz CT molecular complexity index is 1440. The molecule has 0 aromatic carbocycles. The van der Waals surface area contributed by atoms with Gasteiger partial charge in [0.1, 0.15) is 6.10 Å². The van der Waals surface area contributed by atoms with Gasteiger partial charge in [0.15, 0.2) is 0 Å². The van der Waals surface area contributed by atoms with E-state index in [1.54, 1.807) is 12.4 Å². The molecule has 2 amide bonds. The van der Waals surface area contributed by atoms with Crippen LogP contribution in [0.1, 0.15) is 131 Å². The molecule has 270 valence electrons. The standard InChI is InChI=1S/C42H63N3O4/c1-27(25-45-35(47)24-28-10-9-23-44-26-28)29-15-18-39(4)21-22-41(6)30(37(29)39)13-14-32-40(5)19-17-33(49-36(48)12-8-11-34(43)46)38(2,3)31(40)16-20-42(32,41)7/h9-10,23,26,29-33,37H,1,8,11-22,24-25H2,2-7H3,(H2,43,46)(H,45,47)/t29-,30+,31-,32+,33-,37+,39+,40-,41+,42+/m0/s1. The molecule has 7 nitrogen and oxygen atoms in total. The molecule has 0 aliphatic heterocycles. The average Bonchev–Trinajstić information content (AvgIpc) is 3.39. The van der Waals surface area contributed by atoms with E-state index in [4.69, 9.17) is 10.5 Å². The normalized spacial score (nSPS) is 40.5. The summed E-state index contributed by atoms with van der Waals surface area (Å²) in [6, 6.07) is 3.83. The van der Waals surface area contributed by atoms with Gasteiger partial charge in [-0.2, -0.15) is 0 Å². The maximum absolute atomic E-state index is 12.9. The summed E-state index contributed by atoms with van der Waals surface area (Å²) in [5.41, 5.74) is 8.39. The van der Waals surface area contributed by atoms with Crippen LogP contribution in [0, 0.1) is 56.7 Å². The van der Waals surface area contributed by atoms with Crippen LogP contribution in [-0.2, 0) is 25.5 Å². The van der Waals surface area contributed by atoms with Crippen molar-refractivity contribution >= 4 is 17.8 Å². The van der Waals surface area contributed by atoms with Crippen molar-refractivity contribution in [2.24, 2.45) is 62.4 Å². The number of carbonyl (C=O) groups excluding carboxylic acids is 3. The van der Waals surface area contributed by atoms with Crippen molar-refractivity contribution in [1.82, 2.24) is 10.3 Å². The number of hydrogen-bond acceptors (Lipinski definition) is 5. The summed E-state index contributed by atoms with van der Waals surface area (Å²) < 4.78 is 6.18. The summed E-state index contributed by atoms with van der Waals surface area (Å²) in [4.78, 5) is 41.0. The Morgan fingerprint density at radius 2 is 1.69 bits per heavy atom. The van der Waals surface area contributed by atoms with Gasteiger partial charge in [0.05, 0.1) is 6.42 Å². The second kappa shape index (κ2) is 13.1. The third-order valence-electron chi connectivity index (χ3n) is 16.0. The van der Waals surface area contributed by atoms with Crippen molar-refractivity contribution < 1.29 is 19.1 Å². The van der Waals surface area contributed by atoms with Gasteiger partial charge in [-0.15, -0.1) is 0 Å². The predicted octanol–water partition coefficient (Wildman–Crippen LogP) is 7.97. The smallest absolute Gasteiger partial charge is 0.306 e. The Kier molecular flexibility index (Phi) is 9.67. The van der Waals surface area contributed by atoms with Crippen molar-refractivity contribution in [3.63, 3.8) is 0 Å². The van der Waals surface area contributed by atoms with E-state index in [9.17, 15) is 14.4 Å². The van der Waals surface area contributed by atoms with E-state index in [-0.39, 0.29) is 58.4 Å². The van der Waals surface area contributed by atoms with Crippen molar-refractivity contribution in [2.75, 3.05) is 6.54 Å². The summed E-state index contributed by atoms with van der Waals surface area (Å²) in [6.07, 6.45) is 16.7. The lowest BCUT2D eigenvalue weighted by atomic mass is 9.32. The number of aromatic nitrogens is 1. The Balaban J connectivity index is 1.17. The molecule has 49 heavy (non-hydrogen) atoms.